The maximum absolute atomic E-state index is 2.54. The van der Waals surface area contributed by atoms with E-state index in [1.165, 1.54) is 77.9 Å². The predicted molar refractivity (Wildman–Crippen MR) is 160 cm³/mol. The Balaban J connectivity index is 1.64. The summed E-state index contributed by atoms with van der Waals surface area (Å²) in [5, 5.41) is 0. The summed E-state index contributed by atoms with van der Waals surface area (Å²) in [4.78, 5) is 0. The Kier molecular flexibility index (Phi) is 4.77. The molecule has 0 N–H and O–H groups in total. The molecule has 7 rings (SSSR count). The third-order valence-corrected chi connectivity index (χ3v) is 9.21. The summed E-state index contributed by atoms with van der Waals surface area (Å²) in [5.74, 6) is 0. The van der Waals surface area contributed by atoms with Crippen molar-refractivity contribution in [3.63, 3.8) is 0 Å². The molecule has 0 unspecified atom stereocenters. The molecule has 186 valence electrons. The molecule has 0 nitrogen and oxygen atoms in total. The molecule has 5 aromatic carbocycles. The highest BCUT2D eigenvalue weighted by molar-refractivity contribution is 5.92. The van der Waals surface area contributed by atoms with Crippen molar-refractivity contribution in [2.45, 2.75) is 52.4 Å². The van der Waals surface area contributed by atoms with Gasteiger partial charge in [0.15, 0.2) is 0 Å². The molecule has 0 aliphatic heterocycles. The van der Waals surface area contributed by atoms with Gasteiger partial charge >= 0.3 is 0 Å². The highest BCUT2D eigenvalue weighted by Crippen LogP contribution is 2.60. The molecule has 0 atom stereocenters. The van der Waals surface area contributed by atoms with Crippen molar-refractivity contribution in [1.29, 1.82) is 0 Å². The summed E-state index contributed by atoms with van der Waals surface area (Å²) < 4.78 is 0. The van der Waals surface area contributed by atoms with Gasteiger partial charge in [-0.1, -0.05) is 121 Å². The minimum absolute atomic E-state index is 0.0322. The molecular weight excluding hydrogens is 456 g/mol. The van der Waals surface area contributed by atoms with E-state index in [1.54, 1.807) is 0 Å². The fourth-order valence-electron chi connectivity index (χ4n) is 7.17. The van der Waals surface area contributed by atoms with E-state index in [0.717, 1.165) is 0 Å². The monoisotopic (exact) mass is 490 g/mol. The summed E-state index contributed by atoms with van der Waals surface area (Å²) in [6, 6.07) is 37.6. The van der Waals surface area contributed by atoms with Gasteiger partial charge in [-0.15, -0.1) is 0 Å². The van der Waals surface area contributed by atoms with E-state index >= 15 is 0 Å². The fraction of sp³-hybridized carbons (Fsp3) is 0.211. The third kappa shape index (κ3) is 2.98. The zero-order valence-electron chi connectivity index (χ0n) is 23.2. The van der Waals surface area contributed by atoms with Crippen LogP contribution in [0.4, 0.5) is 0 Å². The molecule has 0 spiro atoms. The number of hydrogen-bond donors (Lipinski definition) is 0. The SMILES string of the molecule is Cc1ccc(C2(c3ccc(C)cc3)c3cc(C)ccc3-c3cc4c(cc32)-c2ccc(C)cc2C4(C)C)cc1. The molecule has 0 saturated carbocycles. The second-order valence-corrected chi connectivity index (χ2v) is 12.1. The highest BCUT2D eigenvalue weighted by atomic mass is 14.5. The normalized spacial score (nSPS) is 15.5. The Hall–Kier alpha value is -3.90. The molecular formula is C38H34. The van der Waals surface area contributed by atoms with Crippen LogP contribution >= 0.6 is 0 Å². The Morgan fingerprint density at radius 3 is 1.29 bits per heavy atom. The maximum atomic E-state index is 2.54. The van der Waals surface area contributed by atoms with E-state index in [4.69, 9.17) is 0 Å². The number of hydrogen-bond acceptors (Lipinski definition) is 0. The van der Waals surface area contributed by atoms with Crippen LogP contribution in [-0.4, -0.2) is 0 Å². The Bertz CT molecular complexity index is 1700. The molecule has 0 heteroatoms. The van der Waals surface area contributed by atoms with E-state index in [9.17, 15) is 0 Å². The summed E-state index contributed by atoms with van der Waals surface area (Å²) in [6.45, 7) is 13.6. The minimum Gasteiger partial charge on any atom is -0.0590 e. The first kappa shape index (κ1) is 23.2. The van der Waals surface area contributed by atoms with Crippen molar-refractivity contribution >= 4 is 0 Å². The Morgan fingerprint density at radius 2 is 0.737 bits per heavy atom. The zero-order chi connectivity index (χ0) is 26.4. The van der Waals surface area contributed by atoms with Crippen molar-refractivity contribution in [1.82, 2.24) is 0 Å². The summed E-state index contributed by atoms with van der Waals surface area (Å²) in [5.41, 5.74) is 18.6. The van der Waals surface area contributed by atoms with Gasteiger partial charge in [0.1, 0.15) is 0 Å². The zero-order valence-corrected chi connectivity index (χ0v) is 23.2. The van der Waals surface area contributed by atoms with Crippen LogP contribution < -0.4 is 0 Å². The van der Waals surface area contributed by atoms with Crippen molar-refractivity contribution in [2.75, 3.05) is 0 Å². The Morgan fingerprint density at radius 1 is 0.368 bits per heavy atom. The topological polar surface area (TPSA) is 0 Å². The van der Waals surface area contributed by atoms with Crippen LogP contribution in [0.15, 0.2) is 97.1 Å². The van der Waals surface area contributed by atoms with Gasteiger partial charge < -0.3 is 0 Å². The van der Waals surface area contributed by atoms with Crippen molar-refractivity contribution in [3.05, 3.63) is 153 Å². The van der Waals surface area contributed by atoms with Crippen LogP contribution in [0.25, 0.3) is 22.3 Å². The lowest BCUT2D eigenvalue weighted by Crippen LogP contribution is -2.29. The lowest BCUT2D eigenvalue weighted by Gasteiger charge is -2.34. The maximum Gasteiger partial charge on any atom is 0.0713 e. The summed E-state index contributed by atoms with van der Waals surface area (Å²) in [7, 11) is 0. The van der Waals surface area contributed by atoms with Gasteiger partial charge in [-0.2, -0.15) is 0 Å². The molecule has 0 bridgehead atoms. The van der Waals surface area contributed by atoms with Gasteiger partial charge in [-0.05, 0) is 95.5 Å². The second-order valence-electron chi connectivity index (χ2n) is 12.1. The third-order valence-electron chi connectivity index (χ3n) is 9.21. The van der Waals surface area contributed by atoms with Crippen LogP contribution in [0.2, 0.25) is 0 Å². The van der Waals surface area contributed by atoms with Gasteiger partial charge in [0, 0.05) is 5.41 Å². The molecule has 0 amide bonds. The van der Waals surface area contributed by atoms with Crippen molar-refractivity contribution in [2.24, 2.45) is 0 Å². The van der Waals surface area contributed by atoms with Gasteiger partial charge in [0.2, 0.25) is 0 Å². The summed E-state index contributed by atoms with van der Waals surface area (Å²) >= 11 is 0. The Labute approximate surface area is 227 Å². The lowest BCUT2D eigenvalue weighted by atomic mass is 9.67. The first-order valence-corrected chi connectivity index (χ1v) is 13.8. The number of aryl methyl sites for hydroxylation is 4. The van der Waals surface area contributed by atoms with Crippen molar-refractivity contribution in [3.8, 4) is 22.3 Å². The smallest absolute Gasteiger partial charge is 0.0590 e. The molecule has 0 saturated heterocycles. The minimum atomic E-state index is -0.370. The van der Waals surface area contributed by atoms with E-state index in [0.29, 0.717) is 0 Å². The van der Waals surface area contributed by atoms with Crippen LogP contribution in [0.1, 0.15) is 69.5 Å². The molecule has 38 heavy (non-hydrogen) atoms. The molecule has 0 heterocycles. The predicted octanol–water partition coefficient (Wildman–Crippen LogP) is 9.59. The quantitative estimate of drug-likeness (QED) is 0.227. The first-order chi connectivity index (χ1) is 18.2. The number of benzene rings is 5. The van der Waals surface area contributed by atoms with Crippen LogP contribution in [-0.2, 0) is 10.8 Å². The summed E-state index contributed by atoms with van der Waals surface area (Å²) in [6.07, 6.45) is 0. The van der Waals surface area contributed by atoms with Crippen LogP contribution in [0.3, 0.4) is 0 Å². The van der Waals surface area contributed by atoms with Gasteiger partial charge in [-0.3, -0.25) is 0 Å². The molecule has 2 aliphatic rings. The molecule has 0 fully saturated rings. The fourth-order valence-corrected chi connectivity index (χ4v) is 7.17. The second kappa shape index (κ2) is 7.81. The van der Waals surface area contributed by atoms with E-state index < -0.39 is 0 Å². The van der Waals surface area contributed by atoms with Gasteiger partial charge in [0.05, 0.1) is 5.41 Å². The van der Waals surface area contributed by atoms with Crippen molar-refractivity contribution < 1.29 is 0 Å². The van der Waals surface area contributed by atoms with E-state index in [1.807, 2.05) is 0 Å². The number of fused-ring (bicyclic) bond motifs is 6. The van der Waals surface area contributed by atoms with Crippen LogP contribution in [0.5, 0.6) is 0 Å². The van der Waals surface area contributed by atoms with E-state index in [-0.39, 0.29) is 10.8 Å². The molecule has 0 radical (unpaired) electrons. The largest absolute Gasteiger partial charge is 0.0713 e. The van der Waals surface area contributed by atoms with E-state index in [2.05, 4.69) is 139 Å². The standard InChI is InChI=1S/C38H34/c1-23-7-13-27(14-8-23)38(28-15-9-24(2)10-16-28)35-20-26(4)12-18-30(35)32-21-34-31(22-36(32)38)29-17-11-25(3)19-33(29)37(34,5)6/h7-22H,1-6H3. The average Bonchev–Trinajstić information content (AvgIpc) is 3.29. The molecule has 0 aromatic heterocycles. The highest BCUT2D eigenvalue weighted by Gasteiger charge is 2.48. The number of rotatable bonds is 2. The lowest BCUT2D eigenvalue weighted by molar-refractivity contribution is 0.659. The van der Waals surface area contributed by atoms with Gasteiger partial charge in [-0.25, -0.2) is 0 Å². The average molecular weight is 491 g/mol. The molecule has 2 aliphatic carbocycles. The first-order valence-electron chi connectivity index (χ1n) is 13.8. The molecule has 5 aromatic rings. The van der Waals surface area contributed by atoms with Gasteiger partial charge in [0.25, 0.3) is 0 Å². The van der Waals surface area contributed by atoms with Crippen LogP contribution in [0, 0.1) is 27.7 Å².